The van der Waals surface area contributed by atoms with E-state index in [1.807, 2.05) is 12.1 Å². The molecule has 1 N–H and O–H groups in total. The summed E-state index contributed by atoms with van der Waals surface area (Å²) in [7, 11) is 0. The van der Waals surface area contributed by atoms with E-state index in [1.54, 1.807) is 0 Å². The molecule has 1 fully saturated rings. The molecular formula is C14H19ClO. The van der Waals surface area contributed by atoms with Crippen molar-refractivity contribution in [2.24, 2.45) is 0 Å². The minimum atomic E-state index is -0.405. The summed E-state index contributed by atoms with van der Waals surface area (Å²) in [5.41, 5.74) is 0.862. The van der Waals surface area contributed by atoms with E-state index in [9.17, 15) is 5.11 Å². The molecule has 1 aliphatic carbocycles. The second-order valence-corrected chi connectivity index (χ2v) is 5.35. The Hall–Kier alpha value is -0.530. The van der Waals surface area contributed by atoms with Crippen LogP contribution < -0.4 is 0 Å². The molecule has 16 heavy (non-hydrogen) atoms. The van der Waals surface area contributed by atoms with Crippen molar-refractivity contribution >= 4 is 11.6 Å². The molecule has 0 saturated heterocycles. The van der Waals surface area contributed by atoms with E-state index in [2.05, 4.69) is 12.1 Å². The van der Waals surface area contributed by atoms with Gasteiger partial charge in [0, 0.05) is 5.02 Å². The lowest BCUT2D eigenvalue weighted by molar-refractivity contribution is -0.00341. The van der Waals surface area contributed by atoms with E-state index in [-0.39, 0.29) is 0 Å². The predicted octanol–water partition coefficient (Wildman–Crippen LogP) is 3.97. The Bertz CT molecular complexity index is 325. The zero-order chi connectivity index (χ0) is 11.4. The fourth-order valence-electron chi connectivity index (χ4n) is 2.49. The lowest BCUT2D eigenvalue weighted by atomic mass is 9.81. The molecule has 0 radical (unpaired) electrons. The van der Waals surface area contributed by atoms with Crippen molar-refractivity contribution in [1.29, 1.82) is 0 Å². The highest BCUT2D eigenvalue weighted by Crippen LogP contribution is 2.31. The molecule has 1 aromatic carbocycles. The van der Waals surface area contributed by atoms with Crippen LogP contribution in [0.1, 0.15) is 44.1 Å². The van der Waals surface area contributed by atoms with Crippen molar-refractivity contribution in [1.82, 2.24) is 0 Å². The van der Waals surface area contributed by atoms with E-state index in [0.29, 0.717) is 0 Å². The summed E-state index contributed by atoms with van der Waals surface area (Å²) < 4.78 is 0. The van der Waals surface area contributed by atoms with Crippen LogP contribution in [0.4, 0.5) is 0 Å². The maximum Gasteiger partial charge on any atom is 0.0651 e. The Morgan fingerprint density at radius 3 is 2.31 bits per heavy atom. The third kappa shape index (κ3) is 3.23. The first-order chi connectivity index (χ1) is 7.68. The molecule has 0 heterocycles. The topological polar surface area (TPSA) is 20.2 Å². The molecule has 1 aliphatic rings. The van der Waals surface area contributed by atoms with Crippen molar-refractivity contribution in [2.45, 2.75) is 50.5 Å². The number of hydrogen-bond donors (Lipinski definition) is 1. The number of rotatable bonds is 3. The molecular weight excluding hydrogens is 220 g/mol. The minimum Gasteiger partial charge on any atom is -0.390 e. The summed E-state index contributed by atoms with van der Waals surface area (Å²) in [4.78, 5) is 0. The first-order valence-electron chi connectivity index (χ1n) is 6.15. The summed E-state index contributed by atoms with van der Waals surface area (Å²) in [6, 6.07) is 7.94. The van der Waals surface area contributed by atoms with Crippen LogP contribution in [0.5, 0.6) is 0 Å². The largest absolute Gasteiger partial charge is 0.390 e. The number of hydrogen-bond acceptors (Lipinski definition) is 1. The van der Waals surface area contributed by atoms with Gasteiger partial charge in [-0.1, -0.05) is 43.0 Å². The molecule has 1 aromatic rings. The maximum absolute atomic E-state index is 10.4. The normalized spacial score (nSPS) is 19.6. The Morgan fingerprint density at radius 1 is 1.06 bits per heavy atom. The van der Waals surface area contributed by atoms with Crippen LogP contribution >= 0.6 is 11.6 Å². The lowest BCUT2D eigenvalue weighted by Gasteiger charge is -2.32. The van der Waals surface area contributed by atoms with Gasteiger partial charge in [-0.3, -0.25) is 0 Å². The molecule has 2 rings (SSSR count). The number of halogens is 1. The van der Waals surface area contributed by atoms with Crippen molar-refractivity contribution in [2.75, 3.05) is 0 Å². The van der Waals surface area contributed by atoms with Gasteiger partial charge in [-0.25, -0.2) is 0 Å². The SMILES string of the molecule is OC1(CCc2ccc(Cl)cc2)CCCCC1. The predicted molar refractivity (Wildman–Crippen MR) is 67.8 cm³/mol. The third-order valence-electron chi connectivity index (χ3n) is 3.58. The van der Waals surface area contributed by atoms with Gasteiger partial charge < -0.3 is 5.11 Å². The van der Waals surface area contributed by atoms with E-state index >= 15 is 0 Å². The van der Waals surface area contributed by atoms with Gasteiger partial charge in [0.15, 0.2) is 0 Å². The molecule has 0 amide bonds. The fraction of sp³-hybridized carbons (Fsp3) is 0.571. The van der Waals surface area contributed by atoms with Crippen LogP contribution in [0.2, 0.25) is 5.02 Å². The Labute approximate surface area is 102 Å². The number of aryl methyl sites for hydroxylation is 1. The van der Waals surface area contributed by atoms with Gasteiger partial charge in [-0.2, -0.15) is 0 Å². The smallest absolute Gasteiger partial charge is 0.0651 e. The van der Waals surface area contributed by atoms with E-state index in [4.69, 9.17) is 11.6 Å². The van der Waals surface area contributed by atoms with Gasteiger partial charge >= 0.3 is 0 Å². The van der Waals surface area contributed by atoms with Gasteiger partial charge in [0.25, 0.3) is 0 Å². The first kappa shape index (κ1) is 11.9. The molecule has 0 unspecified atom stereocenters. The van der Waals surface area contributed by atoms with Crippen LogP contribution in [-0.4, -0.2) is 10.7 Å². The first-order valence-corrected chi connectivity index (χ1v) is 6.53. The molecule has 0 aliphatic heterocycles. The van der Waals surface area contributed by atoms with Crippen LogP contribution in [0, 0.1) is 0 Å². The fourth-order valence-corrected chi connectivity index (χ4v) is 2.61. The average Bonchev–Trinajstić information content (AvgIpc) is 2.29. The van der Waals surface area contributed by atoms with Crippen LogP contribution in [-0.2, 0) is 6.42 Å². The molecule has 0 atom stereocenters. The number of benzene rings is 1. The summed E-state index contributed by atoms with van der Waals surface area (Å²) in [6.07, 6.45) is 7.42. The standard InChI is InChI=1S/C14H19ClO/c15-13-6-4-12(5-7-13)8-11-14(16)9-2-1-3-10-14/h4-7,16H,1-3,8-11H2. The van der Waals surface area contributed by atoms with Crippen LogP contribution in [0.15, 0.2) is 24.3 Å². The Balaban J connectivity index is 1.88. The van der Waals surface area contributed by atoms with Crippen molar-refractivity contribution in [3.8, 4) is 0 Å². The minimum absolute atomic E-state index is 0.405. The van der Waals surface area contributed by atoms with E-state index in [1.165, 1.54) is 24.8 Å². The third-order valence-corrected chi connectivity index (χ3v) is 3.83. The lowest BCUT2D eigenvalue weighted by Crippen LogP contribution is -2.31. The molecule has 0 bridgehead atoms. The highest BCUT2D eigenvalue weighted by atomic mass is 35.5. The quantitative estimate of drug-likeness (QED) is 0.845. The molecule has 1 nitrogen and oxygen atoms in total. The average molecular weight is 239 g/mol. The molecule has 2 heteroatoms. The maximum atomic E-state index is 10.4. The second kappa shape index (κ2) is 5.20. The highest BCUT2D eigenvalue weighted by Gasteiger charge is 2.28. The van der Waals surface area contributed by atoms with Gasteiger partial charge in [0.05, 0.1) is 5.60 Å². The Kier molecular flexibility index (Phi) is 3.88. The molecule has 0 spiro atoms. The summed E-state index contributed by atoms with van der Waals surface area (Å²) >= 11 is 5.84. The summed E-state index contributed by atoms with van der Waals surface area (Å²) in [6.45, 7) is 0. The van der Waals surface area contributed by atoms with Crippen molar-refractivity contribution in [3.63, 3.8) is 0 Å². The molecule has 1 saturated carbocycles. The molecule has 88 valence electrons. The zero-order valence-corrected chi connectivity index (χ0v) is 10.3. The summed E-state index contributed by atoms with van der Waals surface area (Å²) in [5.74, 6) is 0. The number of aliphatic hydroxyl groups is 1. The van der Waals surface area contributed by atoms with Gasteiger partial charge in [-0.05, 0) is 43.4 Å². The van der Waals surface area contributed by atoms with E-state index < -0.39 is 5.60 Å². The second-order valence-electron chi connectivity index (χ2n) is 4.91. The van der Waals surface area contributed by atoms with Gasteiger partial charge in [0.2, 0.25) is 0 Å². The van der Waals surface area contributed by atoms with E-state index in [0.717, 1.165) is 30.7 Å². The monoisotopic (exact) mass is 238 g/mol. The van der Waals surface area contributed by atoms with Gasteiger partial charge in [-0.15, -0.1) is 0 Å². The van der Waals surface area contributed by atoms with Crippen molar-refractivity contribution in [3.05, 3.63) is 34.9 Å². The van der Waals surface area contributed by atoms with Crippen LogP contribution in [0.25, 0.3) is 0 Å². The summed E-state index contributed by atoms with van der Waals surface area (Å²) in [5, 5.41) is 11.1. The highest BCUT2D eigenvalue weighted by molar-refractivity contribution is 6.30. The molecule has 0 aromatic heterocycles. The zero-order valence-electron chi connectivity index (χ0n) is 9.58. The van der Waals surface area contributed by atoms with Crippen LogP contribution in [0.3, 0.4) is 0 Å². The van der Waals surface area contributed by atoms with Crippen molar-refractivity contribution < 1.29 is 5.11 Å². The Morgan fingerprint density at radius 2 is 1.69 bits per heavy atom. The van der Waals surface area contributed by atoms with Gasteiger partial charge in [0.1, 0.15) is 0 Å².